The molecule has 0 amide bonds. The summed E-state index contributed by atoms with van der Waals surface area (Å²) in [5, 5.41) is 9.39. The number of benzene rings is 1. The molecule has 1 aromatic carbocycles. The fourth-order valence-electron chi connectivity index (χ4n) is 3.44. The van der Waals surface area contributed by atoms with Crippen LogP contribution in [0.3, 0.4) is 0 Å². The summed E-state index contributed by atoms with van der Waals surface area (Å²) in [5.41, 5.74) is 3.25. The van der Waals surface area contributed by atoms with Gasteiger partial charge in [-0.25, -0.2) is 14.9 Å². The van der Waals surface area contributed by atoms with Gasteiger partial charge in [-0.1, -0.05) is 12.1 Å². The predicted octanol–water partition coefficient (Wildman–Crippen LogP) is 3.12. The van der Waals surface area contributed by atoms with Crippen LogP contribution in [0.1, 0.15) is 43.1 Å². The first-order valence-electron chi connectivity index (χ1n) is 9.55. The zero-order chi connectivity index (χ0) is 20.8. The van der Waals surface area contributed by atoms with Crippen molar-refractivity contribution in [3.63, 3.8) is 0 Å². The van der Waals surface area contributed by atoms with E-state index in [1.54, 1.807) is 28.8 Å². The molecule has 0 bridgehead atoms. The molecule has 1 aromatic heterocycles. The van der Waals surface area contributed by atoms with Gasteiger partial charge in [-0.2, -0.15) is 0 Å². The van der Waals surface area contributed by atoms with Crippen LogP contribution in [0.5, 0.6) is 0 Å². The highest BCUT2D eigenvalue weighted by molar-refractivity contribution is 5.78. The standard InChI is InChI=1S/C21H24FN3O4/c1-29-20(26)5-3-2-4-19-24-18-12-14(13-23-28)6-11-17(18)21(27)25(19)16-9-7-15(22)8-10-16/h6-9,11-12,16,23,28H,2-5,10,13H2,1H3. The minimum atomic E-state index is -0.316. The first-order valence-corrected chi connectivity index (χ1v) is 9.55. The molecule has 0 fully saturated rings. The Labute approximate surface area is 167 Å². The Morgan fingerprint density at radius 3 is 2.93 bits per heavy atom. The molecular formula is C21H24FN3O4. The van der Waals surface area contributed by atoms with E-state index in [0.717, 1.165) is 5.56 Å². The highest BCUT2D eigenvalue weighted by Gasteiger charge is 2.19. The molecule has 2 aromatic rings. The summed E-state index contributed by atoms with van der Waals surface area (Å²) >= 11 is 0. The lowest BCUT2D eigenvalue weighted by Crippen LogP contribution is -2.29. The number of methoxy groups -OCH3 is 1. The summed E-state index contributed by atoms with van der Waals surface area (Å²) in [6, 6.07) is 4.90. The smallest absolute Gasteiger partial charge is 0.305 e. The third kappa shape index (κ3) is 4.96. The normalized spacial score (nSPS) is 16.1. The number of halogens is 1. The lowest BCUT2D eigenvalue weighted by atomic mass is 10.1. The topological polar surface area (TPSA) is 93.5 Å². The van der Waals surface area contributed by atoms with E-state index >= 15 is 0 Å². The average molecular weight is 401 g/mol. The minimum Gasteiger partial charge on any atom is -0.469 e. The number of hydrogen-bond acceptors (Lipinski definition) is 6. The van der Waals surface area contributed by atoms with Crippen LogP contribution in [0.25, 0.3) is 10.9 Å². The fourth-order valence-corrected chi connectivity index (χ4v) is 3.44. The van der Waals surface area contributed by atoms with Gasteiger partial charge in [0.2, 0.25) is 0 Å². The fraction of sp³-hybridized carbons (Fsp3) is 0.381. The van der Waals surface area contributed by atoms with E-state index in [1.165, 1.54) is 19.3 Å². The number of nitrogens with zero attached hydrogens (tertiary/aromatic N) is 2. The summed E-state index contributed by atoms with van der Waals surface area (Å²) in [4.78, 5) is 29.2. The van der Waals surface area contributed by atoms with Gasteiger partial charge in [0.15, 0.2) is 0 Å². The largest absolute Gasteiger partial charge is 0.469 e. The van der Waals surface area contributed by atoms with Gasteiger partial charge in [-0.05, 0) is 49.1 Å². The predicted molar refractivity (Wildman–Crippen MR) is 106 cm³/mol. The van der Waals surface area contributed by atoms with Crippen molar-refractivity contribution in [1.82, 2.24) is 15.0 Å². The van der Waals surface area contributed by atoms with Crippen molar-refractivity contribution in [3.05, 3.63) is 64.0 Å². The van der Waals surface area contributed by atoms with Crippen LogP contribution in [-0.4, -0.2) is 27.8 Å². The summed E-state index contributed by atoms with van der Waals surface area (Å²) in [6.07, 6.45) is 6.94. The van der Waals surface area contributed by atoms with Crippen LogP contribution < -0.4 is 11.0 Å². The van der Waals surface area contributed by atoms with Crippen LogP contribution in [-0.2, 0) is 22.5 Å². The lowest BCUT2D eigenvalue weighted by Gasteiger charge is -2.21. The number of nitrogens with one attached hydrogen (secondary N) is 1. The third-order valence-electron chi connectivity index (χ3n) is 4.94. The van der Waals surface area contributed by atoms with Gasteiger partial charge in [-0.15, -0.1) is 0 Å². The van der Waals surface area contributed by atoms with Crippen molar-refractivity contribution in [1.29, 1.82) is 0 Å². The van der Waals surface area contributed by atoms with Gasteiger partial charge in [-0.3, -0.25) is 14.2 Å². The molecule has 1 heterocycles. The van der Waals surface area contributed by atoms with Gasteiger partial charge in [0.05, 0.1) is 24.1 Å². The Morgan fingerprint density at radius 1 is 1.41 bits per heavy atom. The highest BCUT2D eigenvalue weighted by Crippen LogP contribution is 2.24. The Hall–Kier alpha value is -2.84. The number of aryl methyl sites for hydroxylation is 1. The number of hydrogen-bond donors (Lipinski definition) is 2. The summed E-state index contributed by atoms with van der Waals surface area (Å²) in [7, 11) is 1.35. The van der Waals surface area contributed by atoms with Crippen LogP contribution in [0.15, 0.2) is 47.0 Å². The molecule has 0 aliphatic heterocycles. The second kappa shape index (κ2) is 9.58. The number of carbonyl (C=O) groups excluding carboxylic acids is 1. The molecule has 0 saturated carbocycles. The molecule has 2 N–H and O–H groups in total. The molecule has 1 aliphatic rings. The zero-order valence-corrected chi connectivity index (χ0v) is 16.2. The number of rotatable bonds is 8. The van der Waals surface area contributed by atoms with Crippen LogP contribution in [0.4, 0.5) is 4.39 Å². The molecule has 1 aliphatic carbocycles. The van der Waals surface area contributed by atoms with E-state index < -0.39 is 0 Å². The molecule has 8 heteroatoms. The Kier molecular flexibility index (Phi) is 6.90. The number of fused-ring (bicyclic) bond motifs is 1. The number of hydroxylamine groups is 1. The summed E-state index contributed by atoms with van der Waals surface area (Å²) < 4.78 is 19.7. The molecular weight excluding hydrogens is 377 g/mol. The van der Waals surface area contributed by atoms with Crippen molar-refractivity contribution in [3.8, 4) is 0 Å². The van der Waals surface area contributed by atoms with Gasteiger partial charge >= 0.3 is 5.97 Å². The zero-order valence-electron chi connectivity index (χ0n) is 16.2. The molecule has 1 atom stereocenters. The molecule has 0 saturated heterocycles. The number of allylic oxidation sites excluding steroid dienone is 4. The van der Waals surface area contributed by atoms with Gasteiger partial charge < -0.3 is 9.94 Å². The molecule has 0 radical (unpaired) electrons. The van der Waals surface area contributed by atoms with Gasteiger partial charge in [0, 0.05) is 19.4 Å². The van der Waals surface area contributed by atoms with E-state index in [9.17, 15) is 14.0 Å². The maximum atomic E-state index is 13.4. The van der Waals surface area contributed by atoms with E-state index in [0.29, 0.717) is 48.8 Å². The molecule has 29 heavy (non-hydrogen) atoms. The van der Waals surface area contributed by atoms with E-state index in [2.05, 4.69) is 10.2 Å². The van der Waals surface area contributed by atoms with Gasteiger partial charge in [0.1, 0.15) is 11.7 Å². The minimum absolute atomic E-state index is 0.188. The second-order valence-corrected chi connectivity index (χ2v) is 6.92. The first kappa shape index (κ1) is 20.9. The van der Waals surface area contributed by atoms with Crippen molar-refractivity contribution in [2.24, 2.45) is 0 Å². The Morgan fingerprint density at radius 2 is 2.24 bits per heavy atom. The van der Waals surface area contributed by atoms with Crippen LogP contribution >= 0.6 is 0 Å². The monoisotopic (exact) mass is 401 g/mol. The summed E-state index contributed by atoms with van der Waals surface area (Å²) in [5.74, 6) is 0.00137. The maximum absolute atomic E-state index is 13.4. The molecule has 7 nitrogen and oxygen atoms in total. The highest BCUT2D eigenvalue weighted by atomic mass is 19.1. The Balaban J connectivity index is 1.97. The number of ether oxygens (including phenoxy) is 1. The Bertz CT molecular complexity index is 1010. The van der Waals surface area contributed by atoms with Crippen molar-refractivity contribution in [2.45, 2.75) is 44.7 Å². The average Bonchev–Trinajstić information content (AvgIpc) is 2.72. The van der Waals surface area contributed by atoms with Crippen LogP contribution in [0, 0.1) is 0 Å². The number of aromatic nitrogens is 2. The number of esters is 1. The molecule has 3 rings (SSSR count). The first-order chi connectivity index (χ1) is 14.0. The third-order valence-corrected chi connectivity index (χ3v) is 4.94. The van der Waals surface area contributed by atoms with Crippen molar-refractivity contribution < 1.29 is 19.1 Å². The van der Waals surface area contributed by atoms with Gasteiger partial charge in [0.25, 0.3) is 5.56 Å². The van der Waals surface area contributed by atoms with E-state index in [-0.39, 0.29) is 29.9 Å². The number of carbonyl (C=O) groups is 1. The molecule has 1 unspecified atom stereocenters. The van der Waals surface area contributed by atoms with E-state index in [4.69, 9.17) is 10.2 Å². The SMILES string of the molecule is COC(=O)CCCCc1nc2cc(CNO)ccc2c(=O)n1C1C=CC(F)=CC1. The molecule has 154 valence electrons. The number of unbranched alkanes of at least 4 members (excludes halogenated alkanes) is 1. The quantitative estimate of drug-likeness (QED) is 0.401. The van der Waals surface area contributed by atoms with Crippen molar-refractivity contribution >= 4 is 16.9 Å². The summed E-state index contributed by atoms with van der Waals surface area (Å²) in [6.45, 7) is 0.241. The second-order valence-electron chi connectivity index (χ2n) is 6.92. The van der Waals surface area contributed by atoms with Crippen LogP contribution in [0.2, 0.25) is 0 Å². The molecule has 0 spiro atoms. The van der Waals surface area contributed by atoms with Crippen molar-refractivity contribution in [2.75, 3.05) is 7.11 Å². The lowest BCUT2D eigenvalue weighted by molar-refractivity contribution is -0.140. The maximum Gasteiger partial charge on any atom is 0.305 e. The van der Waals surface area contributed by atoms with E-state index in [1.807, 2.05) is 0 Å².